The average Bonchev–Trinajstić information content (AvgIpc) is 3.69. The molecule has 1 aromatic heterocycles. The maximum atomic E-state index is 2.38. The van der Waals surface area contributed by atoms with Gasteiger partial charge in [0.05, 0.1) is 11.0 Å². The lowest BCUT2D eigenvalue weighted by atomic mass is 9.92. The Bertz CT molecular complexity index is 3560. The van der Waals surface area contributed by atoms with E-state index in [1.165, 1.54) is 87.5 Å². The Balaban J connectivity index is 0.941. The molecule has 0 fully saturated rings. The molecule has 1 heterocycles. The molecule has 0 amide bonds. The molecule has 0 N–H and O–H groups in total. The highest BCUT2D eigenvalue weighted by Gasteiger charge is 2.17. The maximum Gasteiger partial charge on any atom is 0.0541 e. The van der Waals surface area contributed by atoms with Gasteiger partial charge in [-0.1, -0.05) is 170 Å². The highest BCUT2D eigenvalue weighted by molar-refractivity contribution is 6.14. The molecule has 62 heavy (non-hydrogen) atoms. The molecule has 2 heteroatoms. The van der Waals surface area contributed by atoms with Gasteiger partial charge >= 0.3 is 0 Å². The maximum absolute atomic E-state index is 2.38. The van der Waals surface area contributed by atoms with E-state index >= 15 is 0 Å². The van der Waals surface area contributed by atoms with Crippen molar-refractivity contribution in [1.82, 2.24) is 4.57 Å². The van der Waals surface area contributed by atoms with E-state index in [0.717, 1.165) is 22.7 Å². The van der Waals surface area contributed by atoms with Crippen LogP contribution in [0.2, 0.25) is 0 Å². The molecule has 0 aliphatic heterocycles. The van der Waals surface area contributed by atoms with Gasteiger partial charge in [0.25, 0.3) is 0 Å². The molecule has 0 bridgehead atoms. The lowest BCUT2D eigenvalue weighted by Gasteiger charge is -2.26. The van der Waals surface area contributed by atoms with Crippen LogP contribution in [-0.4, -0.2) is 4.57 Å². The lowest BCUT2D eigenvalue weighted by molar-refractivity contribution is 1.17. The van der Waals surface area contributed by atoms with E-state index < -0.39 is 0 Å². The van der Waals surface area contributed by atoms with Gasteiger partial charge in [-0.15, -0.1) is 0 Å². The minimum Gasteiger partial charge on any atom is -0.311 e. The SMILES string of the molecule is c1cc(-c2ccc(N(c3ccc(-c4cccc5ccccc45)cc3)c3ccc(-n4c5ccccc5c5ccccc54)cc3)cc2)cc(-c2cc3ccccc3c3ccccc23)c1. The predicted molar refractivity (Wildman–Crippen MR) is 264 cm³/mol. The third-order valence-corrected chi connectivity index (χ3v) is 12.6. The highest BCUT2D eigenvalue weighted by atomic mass is 15.1. The third-order valence-electron chi connectivity index (χ3n) is 12.6. The molecule has 0 aliphatic carbocycles. The number of anilines is 3. The monoisotopic (exact) mass is 788 g/mol. The van der Waals surface area contributed by atoms with Crippen LogP contribution in [0.25, 0.3) is 93.2 Å². The largest absolute Gasteiger partial charge is 0.311 e. The summed E-state index contributed by atoms with van der Waals surface area (Å²) in [6.07, 6.45) is 0. The van der Waals surface area contributed by atoms with Gasteiger partial charge in [0.15, 0.2) is 0 Å². The van der Waals surface area contributed by atoms with Crippen LogP contribution in [0.3, 0.4) is 0 Å². The Morgan fingerprint density at radius 2 is 0.742 bits per heavy atom. The molecular formula is C60H40N2. The van der Waals surface area contributed by atoms with E-state index in [2.05, 4.69) is 252 Å². The molecular weight excluding hydrogens is 749 g/mol. The van der Waals surface area contributed by atoms with E-state index in [-0.39, 0.29) is 0 Å². The van der Waals surface area contributed by atoms with Gasteiger partial charge in [0.1, 0.15) is 0 Å². The number of hydrogen-bond donors (Lipinski definition) is 0. The molecule has 0 aliphatic rings. The lowest BCUT2D eigenvalue weighted by Crippen LogP contribution is -2.10. The number of nitrogens with zero attached hydrogens (tertiary/aromatic N) is 2. The van der Waals surface area contributed by atoms with Crippen molar-refractivity contribution in [3.8, 4) is 39.1 Å². The van der Waals surface area contributed by atoms with Crippen LogP contribution in [0.5, 0.6) is 0 Å². The molecule has 0 atom stereocenters. The van der Waals surface area contributed by atoms with Gasteiger partial charge in [-0.3, -0.25) is 0 Å². The molecule has 0 saturated heterocycles. The van der Waals surface area contributed by atoms with Gasteiger partial charge < -0.3 is 9.47 Å². The summed E-state index contributed by atoms with van der Waals surface area (Å²) < 4.78 is 2.38. The second kappa shape index (κ2) is 14.8. The van der Waals surface area contributed by atoms with Crippen molar-refractivity contribution < 1.29 is 0 Å². The minimum absolute atomic E-state index is 1.09. The topological polar surface area (TPSA) is 8.17 Å². The normalized spacial score (nSPS) is 11.5. The van der Waals surface area contributed by atoms with E-state index in [4.69, 9.17) is 0 Å². The summed E-state index contributed by atoms with van der Waals surface area (Å²) in [6.45, 7) is 0. The van der Waals surface area contributed by atoms with Gasteiger partial charge in [-0.2, -0.15) is 0 Å². The van der Waals surface area contributed by atoms with E-state index in [1.807, 2.05) is 0 Å². The second-order valence-corrected chi connectivity index (χ2v) is 16.1. The predicted octanol–water partition coefficient (Wildman–Crippen LogP) is 16.7. The fourth-order valence-corrected chi connectivity index (χ4v) is 9.63. The molecule has 12 aromatic rings. The summed E-state index contributed by atoms with van der Waals surface area (Å²) in [6, 6.07) is 88.4. The summed E-state index contributed by atoms with van der Waals surface area (Å²) in [5.41, 5.74) is 14.1. The van der Waals surface area contributed by atoms with Crippen LogP contribution in [0, 0.1) is 0 Å². The van der Waals surface area contributed by atoms with E-state index in [9.17, 15) is 0 Å². The smallest absolute Gasteiger partial charge is 0.0541 e. The fourth-order valence-electron chi connectivity index (χ4n) is 9.63. The zero-order valence-corrected chi connectivity index (χ0v) is 34.0. The van der Waals surface area contributed by atoms with Gasteiger partial charge in [0.2, 0.25) is 0 Å². The van der Waals surface area contributed by atoms with Crippen LogP contribution < -0.4 is 4.90 Å². The standard InChI is InChI=1S/C60H40N2/c1-3-18-51-42(13-1)15-12-24-52(51)43-29-33-48(34-30-43)61(49-35-37-50(38-36-49)62-59-25-9-7-22-56(59)57-23-8-10-26-60(57)62)47-31-27-41(28-32-47)44-16-11-17-45(39-44)58-40-46-14-2-4-19-53(46)54-20-5-6-21-55(54)58/h1-40H. The molecule has 0 unspecified atom stereocenters. The molecule has 0 radical (unpaired) electrons. The Hall–Kier alpha value is -8.20. The fraction of sp³-hybridized carbons (Fsp3) is 0. The summed E-state index contributed by atoms with van der Waals surface area (Å²) in [5, 5.41) is 10.1. The molecule has 2 nitrogen and oxygen atoms in total. The van der Waals surface area contributed by atoms with E-state index in [1.54, 1.807) is 0 Å². The van der Waals surface area contributed by atoms with Gasteiger partial charge in [0, 0.05) is 33.5 Å². The molecule has 11 aromatic carbocycles. The number of hydrogen-bond acceptors (Lipinski definition) is 1. The van der Waals surface area contributed by atoms with Crippen molar-refractivity contribution in [2.75, 3.05) is 4.90 Å². The minimum atomic E-state index is 1.09. The Labute approximate surface area is 360 Å². The van der Waals surface area contributed by atoms with Crippen LogP contribution in [0.15, 0.2) is 243 Å². The number of fused-ring (bicyclic) bond motifs is 7. The molecule has 12 rings (SSSR count). The second-order valence-electron chi connectivity index (χ2n) is 16.1. The molecule has 290 valence electrons. The number of benzene rings is 11. The Kier molecular flexibility index (Phi) is 8.53. The first kappa shape index (κ1) is 35.7. The summed E-state index contributed by atoms with van der Waals surface area (Å²) >= 11 is 0. The van der Waals surface area contributed by atoms with Crippen LogP contribution in [0.4, 0.5) is 17.1 Å². The van der Waals surface area contributed by atoms with Crippen LogP contribution >= 0.6 is 0 Å². The number of rotatable bonds is 7. The molecule has 0 spiro atoms. The first-order valence-corrected chi connectivity index (χ1v) is 21.3. The summed E-state index contributed by atoms with van der Waals surface area (Å²) in [5.74, 6) is 0. The average molecular weight is 789 g/mol. The summed E-state index contributed by atoms with van der Waals surface area (Å²) in [7, 11) is 0. The quantitative estimate of drug-likeness (QED) is 0.146. The van der Waals surface area contributed by atoms with Crippen molar-refractivity contribution in [3.63, 3.8) is 0 Å². The Morgan fingerprint density at radius 1 is 0.258 bits per heavy atom. The van der Waals surface area contributed by atoms with Crippen LogP contribution in [0.1, 0.15) is 0 Å². The third kappa shape index (κ3) is 6.04. The highest BCUT2D eigenvalue weighted by Crippen LogP contribution is 2.41. The van der Waals surface area contributed by atoms with Gasteiger partial charge in [-0.25, -0.2) is 0 Å². The Morgan fingerprint density at radius 3 is 1.42 bits per heavy atom. The number of para-hydroxylation sites is 2. The zero-order valence-electron chi connectivity index (χ0n) is 34.0. The number of aromatic nitrogens is 1. The zero-order chi connectivity index (χ0) is 41.0. The van der Waals surface area contributed by atoms with Crippen molar-refractivity contribution in [2.24, 2.45) is 0 Å². The van der Waals surface area contributed by atoms with Crippen molar-refractivity contribution in [3.05, 3.63) is 243 Å². The van der Waals surface area contributed by atoms with E-state index in [0.29, 0.717) is 0 Å². The van der Waals surface area contributed by atoms with Crippen molar-refractivity contribution >= 4 is 71.2 Å². The summed E-state index contributed by atoms with van der Waals surface area (Å²) in [4.78, 5) is 2.37. The van der Waals surface area contributed by atoms with Crippen molar-refractivity contribution in [1.29, 1.82) is 0 Å². The van der Waals surface area contributed by atoms with Gasteiger partial charge in [-0.05, 0) is 138 Å². The molecule has 0 saturated carbocycles. The first-order valence-electron chi connectivity index (χ1n) is 21.3. The first-order chi connectivity index (χ1) is 30.7. The van der Waals surface area contributed by atoms with Crippen LogP contribution in [-0.2, 0) is 0 Å². The van der Waals surface area contributed by atoms with Crippen molar-refractivity contribution in [2.45, 2.75) is 0 Å².